The van der Waals surface area contributed by atoms with Crippen molar-refractivity contribution in [1.82, 2.24) is 4.90 Å². The fraction of sp³-hybridized carbons (Fsp3) is 0.941. The molecule has 0 saturated carbocycles. The van der Waals surface area contributed by atoms with Crippen molar-refractivity contribution in [3.8, 4) is 0 Å². The Bertz CT molecular complexity index is 758. The average molecular weight is 746 g/mol. The maximum atomic E-state index is 11.9. The van der Waals surface area contributed by atoms with Gasteiger partial charge in [-0.15, -0.1) is 0 Å². The van der Waals surface area contributed by atoms with Gasteiger partial charge in [-0.05, 0) is 20.8 Å². The van der Waals surface area contributed by atoms with Gasteiger partial charge in [-0.3, -0.25) is 4.79 Å². The van der Waals surface area contributed by atoms with Crippen LogP contribution in [0.1, 0.15) is 27.2 Å². The highest BCUT2D eigenvalue weighted by atomic mass is 16.6. The molecule has 51 heavy (non-hydrogen) atoms. The third kappa shape index (κ3) is 40.9. The molecule has 0 aromatic carbocycles. The molecule has 0 N–H and O–H groups in total. The number of methoxy groups -OCH3 is 1. The minimum atomic E-state index is -0.514. The number of amides is 1. The van der Waals surface area contributed by atoms with Crippen molar-refractivity contribution in [2.24, 2.45) is 0 Å². The molecule has 0 radical (unpaired) electrons. The number of carbonyl (C=O) groups is 2. The lowest BCUT2D eigenvalue weighted by Crippen LogP contribution is -2.36. The molecule has 1 amide bonds. The van der Waals surface area contributed by atoms with Gasteiger partial charge >= 0.3 is 12.1 Å². The van der Waals surface area contributed by atoms with E-state index in [9.17, 15) is 9.59 Å². The van der Waals surface area contributed by atoms with Gasteiger partial charge in [0, 0.05) is 13.6 Å². The molecule has 0 spiro atoms. The lowest BCUT2D eigenvalue weighted by Gasteiger charge is -2.24. The van der Waals surface area contributed by atoms with Crippen molar-refractivity contribution in [3.63, 3.8) is 0 Å². The van der Waals surface area contributed by atoms with Gasteiger partial charge in [0.05, 0.1) is 172 Å². The number of carbonyl (C=O) groups excluding carboxylic acids is 2. The van der Waals surface area contributed by atoms with Crippen LogP contribution in [0.25, 0.3) is 0 Å². The number of ether oxygens (including phenoxy) is 14. The van der Waals surface area contributed by atoms with Crippen molar-refractivity contribution in [3.05, 3.63) is 0 Å². The van der Waals surface area contributed by atoms with Crippen molar-refractivity contribution in [2.45, 2.75) is 32.8 Å². The molecule has 0 heterocycles. The van der Waals surface area contributed by atoms with E-state index in [2.05, 4.69) is 4.74 Å². The molecule has 304 valence electrons. The van der Waals surface area contributed by atoms with Gasteiger partial charge < -0.3 is 71.2 Å². The summed E-state index contributed by atoms with van der Waals surface area (Å²) in [7, 11) is 3.03. The van der Waals surface area contributed by atoms with Gasteiger partial charge in [-0.25, -0.2) is 4.79 Å². The first kappa shape index (κ1) is 49.3. The van der Waals surface area contributed by atoms with Crippen LogP contribution in [-0.2, 0) is 71.1 Å². The summed E-state index contributed by atoms with van der Waals surface area (Å²) in [6, 6.07) is 0. The van der Waals surface area contributed by atoms with Crippen LogP contribution in [-0.4, -0.2) is 202 Å². The van der Waals surface area contributed by atoms with E-state index in [4.69, 9.17) is 61.6 Å². The van der Waals surface area contributed by atoms with Crippen LogP contribution in [0.3, 0.4) is 0 Å². The zero-order chi connectivity index (χ0) is 37.5. The second-order valence-corrected chi connectivity index (χ2v) is 11.6. The van der Waals surface area contributed by atoms with Crippen LogP contribution in [0.2, 0.25) is 0 Å². The van der Waals surface area contributed by atoms with Gasteiger partial charge in [0.15, 0.2) is 0 Å². The second-order valence-electron chi connectivity index (χ2n) is 11.6. The monoisotopic (exact) mass is 745 g/mol. The summed E-state index contributed by atoms with van der Waals surface area (Å²) >= 11 is 0. The van der Waals surface area contributed by atoms with Gasteiger partial charge in [0.2, 0.25) is 0 Å². The van der Waals surface area contributed by atoms with E-state index >= 15 is 0 Å². The average Bonchev–Trinajstić information content (AvgIpc) is 3.10. The maximum Gasteiger partial charge on any atom is 0.410 e. The van der Waals surface area contributed by atoms with E-state index in [-0.39, 0.29) is 18.5 Å². The topological polar surface area (TPSA) is 167 Å². The molecule has 0 saturated heterocycles. The molecule has 0 aromatic heterocycles. The van der Waals surface area contributed by atoms with Crippen LogP contribution in [0.4, 0.5) is 4.79 Å². The summed E-state index contributed by atoms with van der Waals surface area (Å²) in [5.41, 5.74) is -0.514. The van der Waals surface area contributed by atoms with Crippen molar-refractivity contribution in [1.29, 1.82) is 0 Å². The van der Waals surface area contributed by atoms with Gasteiger partial charge in [-0.2, -0.15) is 0 Å². The van der Waals surface area contributed by atoms with Crippen molar-refractivity contribution < 1.29 is 75.9 Å². The zero-order valence-electron chi connectivity index (χ0n) is 31.9. The number of rotatable bonds is 39. The van der Waals surface area contributed by atoms with E-state index in [1.165, 1.54) is 12.0 Å². The van der Waals surface area contributed by atoms with E-state index in [1.54, 1.807) is 7.05 Å². The number of hydrogen-bond acceptors (Lipinski definition) is 16. The molecule has 0 bridgehead atoms. The molecule has 0 aliphatic rings. The molecule has 0 aliphatic heterocycles. The molecule has 0 unspecified atom stereocenters. The molecule has 17 nitrogen and oxygen atoms in total. The fourth-order valence-corrected chi connectivity index (χ4v) is 3.41. The lowest BCUT2D eigenvalue weighted by molar-refractivity contribution is -0.141. The Hall–Kier alpha value is -1.74. The summed E-state index contributed by atoms with van der Waals surface area (Å²) in [5.74, 6) is -0.290. The minimum absolute atomic E-state index is 0.240. The predicted molar refractivity (Wildman–Crippen MR) is 185 cm³/mol. The normalized spacial score (nSPS) is 11.6. The largest absolute Gasteiger partial charge is 0.469 e. The third-order valence-corrected chi connectivity index (χ3v) is 6.05. The first-order valence-electron chi connectivity index (χ1n) is 17.7. The smallest absolute Gasteiger partial charge is 0.410 e. The first-order chi connectivity index (χ1) is 24.8. The minimum Gasteiger partial charge on any atom is -0.469 e. The van der Waals surface area contributed by atoms with Crippen LogP contribution in [0.15, 0.2) is 0 Å². The lowest BCUT2D eigenvalue weighted by atomic mass is 10.2. The maximum absolute atomic E-state index is 11.9. The van der Waals surface area contributed by atoms with Crippen molar-refractivity contribution in [2.75, 3.05) is 179 Å². The highest BCUT2D eigenvalue weighted by molar-refractivity contribution is 5.69. The fourth-order valence-electron chi connectivity index (χ4n) is 3.41. The number of hydrogen-bond donors (Lipinski definition) is 0. The predicted octanol–water partition coefficient (Wildman–Crippen LogP) is 1.62. The summed E-state index contributed by atoms with van der Waals surface area (Å²) in [6.45, 7) is 17.1. The van der Waals surface area contributed by atoms with Crippen molar-refractivity contribution >= 4 is 12.1 Å². The Labute approximate surface area is 304 Å². The Morgan fingerprint density at radius 3 is 0.882 bits per heavy atom. The van der Waals surface area contributed by atoms with Crippen LogP contribution >= 0.6 is 0 Å². The van der Waals surface area contributed by atoms with Crippen LogP contribution in [0, 0.1) is 0 Å². The SMILES string of the molecule is COC(=O)CCOCCOCCOCCOCCOCCOCCOCCOCCOCCOCCOCCOCCN(C)C(=O)OC(C)(C)C. The molecule has 0 fully saturated rings. The van der Waals surface area contributed by atoms with Gasteiger partial charge in [0.1, 0.15) is 5.60 Å². The second kappa shape index (κ2) is 38.0. The quantitative estimate of drug-likeness (QED) is 0.0657. The number of nitrogens with zero attached hydrogens (tertiary/aromatic N) is 1. The van der Waals surface area contributed by atoms with E-state index in [1.807, 2.05) is 20.8 Å². The standard InChI is InChI=1S/C34H67NO16/c1-34(2,3)51-33(37)35(4)7-9-40-11-13-42-15-17-44-19-21-46-23-25-48-27-29-50-31-30-49-28-26-47-24-22-45-20-18-43-16-14-41-12-10-39-8-6-32(36)38-5/h6-31H2,1-5H3. The number of esters is 1. The third-order valence-electron chi connectivity index (χ3n) is 6.05. The Morgan fingerprint density at radius 2 is 0.647 bits per heavy atom. The molecular weight excluding hydrogens is 678 g/mol. The highest BCUT2D eigenvalue weighted by Crippen LogP contribution is 2.08. The molecule has 0 aromatic rings. The summed E-state index contributed by atoms with van der Waals surface area (Å²) < 4.78 is 75.1. The molecule has 0 atom stereocenters. The highest BCUT2D eigenvalue weighted by Gasteiger charge is 2.19. The van der Waals surface area contributed by atoms with E-state index < -0.39 is 5.60 Å². The first-order valence-corrected chi connectivity index (χ1v) is 17.7. The van der Waals surface area contributed by atoms with Crippen LogP contribution in [0.5, 0.6) is 0 Å². The van der Waals surface area contributed by atoms with E-state index in [0.29, 0.717) is 165 Å². The molecule has 0 aliphatic carbocycles. The molecular formula is C34H67NO16. The Kier molecular flexibility index (Phi) is 36.7. The Balaban J connectivity index is 3.14. The summed E-state index contributed by atoms with van der Waals surface area (Å²) in [5, 5.41) is 0. The zero-order valence-corrected chi connectivity index (χ0v) is 31.9. The molecule has 17 heteroatoms. The molecule has 0 rings (SSSR count). The van der Waals surface area contributed by atoms with Gasteiger partial charge in [0.25, 0.3) is 0 Å². The summed E-state index contributed by atoms with van der Waals surface area (Å²) in [4.78, 5) is 24.3. The van der Waals surface area contributed by atoms with Gasteiger partial charge in [-0.1, -0.05) is 0 Å². The Morgan fingerprint density at radius 1 is 0.412 bits per heavy atom. The van der Waals surface area contributed by atoms with Crippen LogP contribution < -0.4 is 0 Å². The van der Waals surface area contributed by atoms with E-state index in [0.717, 1.165) is 0 Å². The number of likely N-dealkylation sites (N-methyl/N-ethyl adjacent to an activating group) is 1. The summed E-state index contributed by atoms with van der Waals surface area (Å²) in [6.07, 6.45) is -0.128.